The smallest absolute Gasteiger partial charge is 0.493 e. The number of benzene rings is 1. The molecule has 1 saturated heterocycles. The van der Waals surface area contributed by atoms with Crippen LogP contribution in [-0.2, 0) is 16.2 Å². The molecule has 1 aliphatic heterocycles. The Bertz CT molecular complexity index is 871. The average Bonchev–Trinajstić information content (AvgIpc) is 2.72. The molecule has 9 nitrogen and oxygen atoms in total. The third-order valence-corrected chi connectivity index (χ3v) is 4.81. The van der Waals surface area contributed by atoms with Crippen molar-refractivity contribution >= 4 is 6.16 Å². The second-order valence-corrected chi connectivity index (χ2v) is 7.02. The van der Waals surface area contributed by atoms with Crippen molar-refractivity contribution in [1.82, 2.24) is 9.63 Å². The topological polar surface area (TPSA) is 110 Å². The van der Waals surface area contributed by atoms with Crippen LogP contribution in [0.2, 0.25) is 0 Å². The SMILES string of the molecule is O=C(O)ON1CCC(n2ccc(OCCCOCc3ccccc3)cc2=O)C(O)C1. The first kappa shape index (κ1) is 21.8. The molecular weight excluding hydrogens is 392 g/mol. The molecule has 2 unspecified atom stereocenters. The number of hydrogen-bond acceptors (Lipinski definition) is 7. The standard InChI is InChI=1S/C21H26N2O7/c24-19-14-22(30-21(26)27)9-8-18(19)23-10-7-17(13-20(23)25)29-12-4-11-28-15-16-5-2-1-3-6-16/h1-3,5-7,10,13,18-19,24H,4,8-9,11-12,14-15H2,(H,26,27). The number of aromatic nitrogens is 1. The summed E-state index contributed by atoms with van der Waals surface area (Å²) in [6.07, 6.45) is 0.309. The molecule has 0 bridgehead atoms. The fraction of sp³-hybridized carbons (Fsp3) is 0.429. The van der Waals surface area contributed by atoms with Crippen molar-refractivity contribution in [2.45, 2.75) is 31.6 Å². The number of β-amino-alcohol motifs (C(OH)–C–C–N with tert-alkyl or cyclic N) is 1. The second kappa shape index (κ2) is 10.8. The number of hydrogen-bond donors (Lipinski definition) is 2. The molecule has 30 heavy (non-hydrogen) atoms. The lowest BCUT2D eigenvalue weighted by Gasteiger charge is -2.34. The molecule has 1 aromatic carbocycles. The van der Waals surface area contributed by atoms with Crippen LogP contribution in [0.25, 0.3) is 0 Å². The number of carboxylic acid groups (broad SMARTS) is 1. The molecule has 2 N–H and O–H groups in total. The quantitative estimate of drug-likeness (QED) is 0.596. The zero-order valence-electron chi connectivity index (χ0n) is 16.6. The van der Waals surface area contributed by atoms with Gasteiger partial charge < -0.3 is 29.1 Å². The Kier molecular flexibility index (Phi) is 7.83. The minimum absolute atomic E-state index is 0.00460. The van der Waals surface area contributed by atoms with Gasteiger partial charge in [-0.15, -0.1) is 5.06 Å². The van der Waals surface area contributed by atoms with Crippen LogP contribution in [0.4, 0.5) is 4.79 Å². The van der Waals surface area contributed by atoms with Gasteiger partial charge in [-0.3, -0.25) is 4.79 Å². The highest BCUT2D eigenvalue weighted by Crippen LogP contribution is 2.22. The molecule has 2 aromatic rings. The van der Waals surface area contributed by atoms with E-state index in [1.165, 1.54) is 15.7 Å². The van der Waals surface area contributed by atoms with Crippen molar-refractivity contribution in [2.24, 2.45) is 0 Å². The van der Waals surface area contributed by atoms with Crippen molar-refractivity contribution in [3.8, 4) is 5.75 Å². The molecule has 0 aliphatic carbocycles. The van der Waals surface area contributed by atoms with Crippen LogP contribution in [-0.4, -0.2) is 58.4 Å². The van der Waals surface area contributed by atoms with Crippen molar-refractivity contribution in [2.75, 3.05) is 26.3 Å². The molecule has 1 aromatic heterocycles. The van der Waals surface area contributed by atoms with Crippen LogP contribution >= 0.6 is 0 Å². The molecule has 1 aliphatic rings. The van der Waals surface area contributed by atoms with Crippen LogP contribution in [0, 0.1) is 0 Å². The van der Waals surface area contributed by atoms with E-state index in [1.54, 1.807) is 12.3 Å². The lowest BCUT2D eigenvalue weighted by Crippen LogP contribution is -2.47. The summed E-state index contributed by atoms with van der Waals surface area (Å²) >= 11 is 0. The number of rotatable bonds is 9. The van der Waals surface area contributed by atoms with E-state index in [2.05, 4.69) is 4.84 Å². The number of pyridine rings is 1. The summed E-state index contributed by atoms with van der Waals surface area (Å²) < 4.78 is 12.7. The third-order valence-electron chi connectivity index (χ3n) is 4.81. The molecule has 9 heteroatoms. The number of piperidine rings is 1. The Hall–Kier alpha value is -2.88. The Labute approximate surface area is 174 Å². The molecule has 0 saturated carbocycles. The summed E-state index contributed by atoms with van der Waals surface area (Å²) in [6.45, 7) is 1.82. The van der Waals surface area contributed by atoms with E-state index >= 15 is 0 Å². The van der Waals surface area contributed by atoms with Gasteiger partial charge in [-0.05, 0) is 18.1 Å². The lowest BCUT2D eigenvalue weighted by molar-refractivity contribution is -0.160. The maximum absolute atomic E-state index is 12.4. The summed E-state index contributed by atoms with van der Waals surface area (Å²) in [5.41, 5.74) is 0.828. The fourth-order valence-corrected chi connectivity index (χ4v) is 3.36. The van der Waals surface area contributed by atoms with Gasteiger partial charge in [0.05, 0.1) is 38.5 Å². The molecule has 1 fully saturated rings. The maximum atomic E-state index is 12.4. The number of ether oxygens (including phenoxy) is 2. The van der Waals surface area contributed by atoms with Gasteiger partial charge in [0.15, 0.2) is 0 Å². The van der Waals surface area contributed by atoms with Crippen molar-refractivity contribution < 1.29 is 29.3 Å². The molecule has 3 rings (SSSR count). The summed E-state index contributed by atoms with van der Waals surface area (Å²) in [7, 11) is 0. The van der Waals surface area contributed by atoms with Gasteiger partial charge in [-0.25, -0.2) is 4.79 Å². The number of aliphatic hydroxyl groups is 1. The fourth-order valence-electron chi connectivity index (χ4n) is 3.36. The van der Waals surface area contributed by atoms with Gasteiger partial charge in [0, 0.05) is 25.2 Å². The van der Waals surface area contributed by atoms with Crippen LogP contribution in [0.5, 0.6) is 5.75 Å². The lowest BCUT2D eigenvalue weighted by atomic mass is 10.0. The first-order valence-electron chi connectivity index (χ1n) is 9.83. The Morgan fingerprint density at radius 2 is 1.97 bits per heavy atom. The maximum Gasteiger partial charge on any atom is 0.525 e. The van der Waals surface area contributed by atoms with Gasteiger partial charge in [0.25, 0.3) is 5.56 Å². The van der Waals surface area contributed by atoms with Crippen LogP contribution < -0.4 is 10.3 Å². The number of nitrogens with zero attached hydrogens (tertiary/aromatic N) is 2. The summed E-state index contributed by atoms with van der Waals surface area (Å²) in [5.74, 6) is 0.459. The summed E-state index contributed by atoms with van der Waals surface area (Å²) in [6, 6.07) is 12.5. The van der Waals surface area contributed by atoms with Crippen LogP contribution in [0.15, 0.2) is 53.5 Å². The highest BCUT2D eigenvalue weighted by Gasteiger charge is 2.31. The highest BCUT2D eigenvalue weighted by molar-refractivity contribution is 5.56. The van der Waals surface area contributed by atoms with Crippen molar-refractivity contribution in [3.05, 3.63) is 64.6 Å². The predicted molar refractivity (Wildman–Crippen MR) is 107 cm³/mol. The van der Waals surface area contributed by atoms with E-state index in [0.717, 1.165) is 5.56 Å². The van der Waals surface area contributed by atoms with E-state index < -0.39 is 18.3 Å². The van der Waals surface area contributed by atoms with E-state index in [1.807, 2.05) is 30.3 Å². The van der Waals surface area contributed by atoms with E-state index in [0.29, 0.717) is 45.0 Å². The van der Waals surface area contributed by atoms with Gasteiger partial charge in [0.2, 0.25) is 0 Å². The van der Waals surface area contributed by atoms with Crippen LogP contribution in [0.1, 0.15) is 24.4 Å². The molecule has 0 spiro atoms. The molecule has 0 radical (unpaired) electrons. The van der Waals surface area contributed by atoms with Gasteiger partial charge >= 0.3 is 6.16 Å². The van der Waals surface area contributed by atoms with Crippen molar-refractivity contribution in [3.63, 3.8) is 0 Å². The first-order chi connectivity index (χ1) is 14.5. The van der Waals surface area contributed by atoms with Crippen molar-refractivity contribution in [1.29, 1.82) is 0 Å². The minimum Gasteiger partial charge on any atom is -0.493 e. The zero-order chi connectivity index (χ0) is 21.3. The second-order valence-electron chi connectivity index (χ2n) is 7.02. The largest absolute Gasteiger partial charge is 0.525 e. The van der Waals surface area contributed by atoms with Gasteiger partial charge in [-0.1, -0.05) is 30.3 Å². The highest BCUT2D eigenvalue weighted by atomic mass is 16.8. The number of carbonyl (C=O) groups is 1. The van der Waals surface area contributed by atoms with E-state index in [9.17, 15) is 14.7 Å². The molecular formula is C21H26N2O7. The Morgan fingerprint density at radius 1 is 1.17 bits per heavy atom. The van der Waals surface area contributed by atoms with Gasteiger partial charge in [0.1, 0.15) is 5.75 Å². The molecule has 0 amide bonds. The summed E-state index contributed by atoms with van der Waals surface area (Å²) in [4.78, 5) is 27.6. The summed E-state index contributed by atoms with van der Waals surface area (Å²) in [5, 5.41) is 20.1. The van der Waals surface area contributed by atoms with Crippen LogP contribution in [0.3, 0.4) is 0 Å². The first-order valence-corrected chi connectivity index (χ1v) is 9.83. The predicted octanol–water partition coefficient (Wildman–Crippen LogP) is 2.05. The molecule has 162 valence electrons. The number of aliphatic hydroxyl groups excluding tert-OH is 1. The Morgan fingerprint density at radius 3 is 2.67 bits per heavy atom. The normalized spacial score (nSPS) is 19.4. The monoisotopic (exact) mass is 418 g/mol. The number of hydroxylamine groups is 2. The van der Waals surface area contributed by atoms with E-state index in [-0.39, 0.29) is 12.1 Å². The third kappa shape index (κ3) is 6.31. The van der Waals surface area contributed by atoms with E-state index in [4.69, 9.17) is 14.6 Å². The average molecular weight is 418 g/mol. The molecule has 2 atom stereocenters. The van der Waals surface area contributed by atoms with Gasteiger partial charge in [-0.2, -0.15) is 0 Å². The Balaban J connectivity index is 1.42. The minimum atomic E-state index is -1.43. The molecule has 2 heterocycles. The zero-order valence-corrected chi connectivity index (χ0v) is 16.6.